The second-order valence-corrected chi connectivity index (χ2v) is 6.71. The lowest BCUT2D eigenvalue weighted by atomic mass is 10.3. The van der Waals surface area contributed by atoms with Gasteiger partial charge in [0.2, 0.25) is 5.76 Å². The van der Waals surface area contributed by atoms with E-state index in [2.05, 4.69) is 4.99 Å². The summed E-state index contributed by atoms with van der Waals surface area (Å²) in [5, 5.41) is 0.457. The highest BCUT2D eigenvalue weighted by atomic mass is 35.5. The molecule has 8 nitrogen and oxygen atoms in total. The van der Waals surface area contributed by atoms with Gasteiger partial charge in [-0.05, 0) is 19.1 Å². The zero-order valence-electron chi connectivity index (χ0n) is 14.7. The van der Waals surface area contributed by atoms with E-state index in [1.807, 2.05) is 0 Å². The SMILES string of the molecule is CCOC(=O)Cn1c(=NC(=O)C2=COCCO2)sc2c(Cl)ccc(OC)c21. The van der Waals surface area contributed by atoms with Crippen LogP contribution in [0, 0.1) is 0 Å². The number of ether oxygens (including phenoxy) is 4. The molecule has 3 rings (SSSR count). The molecule has 0 spiro atoms. The van der Waals surface area contributed by atoms with E-state index in [0.717, 1.165) is 11.3 Å². The molecule has 0 N–H and O–H groups in total. The van der Waals surface area contributed by atoms with Crippen molar-refractivity contribution in [2.45, 2.75) is 13.5 Å². The minimum atomic E-state index is -0.617. The second-order valence-electron chi connectivity index (χ2n) is 5.32. The van der Waals surface area contributed by atoms with Crippen molar-refractivity contribution in [2.75, 3.05) is 26.9 Å². The highest BCUT2D eigenvalue weighted by Crippen LogP contribution is 2.33. The van der Waals surface area contributed by atoms with Crippen LogP contribution in [0.1, 0.15) is 6.92 Å². The molecule has 0 fully saturated rings. The summed E-state index contributed by atoms with van der Waals surface area (Å²) in [5.41, 5.74) is 0.560. The fourth-order valence-corrected chi connectivity index (χ4v) is 3.79. The monoisotopic (exact) mass is 412 g/mol. The topological polar surface area (TPSA) is 88.4 Å². The van der Waals surface area contributed by atoms with Crippen molar-refractivity contribution < 1.29 is 28.5 Å². The summed E-state index contributed by atoms with van der Waals surface area (Å²) in [6.07, 6.45) is 1.23. The number of carbonyl (C=O) groups is 2. The molecule has 10 heteroatoms. The molecule has 1 aliphatic rings. The molecular weight excluding hydrogens is 396 g/mol. The van der Waals surface area contributed by atoms with Gasteiger partial charge in [0.25, 0.3) is 0 Å². The van der Waals surface area contributed by atoms with Gasteiger partial charge >= 0.3 is 11.9 Å². The number of fused-ring (bicyclic) bond motifs is 1. The number of thiazole rings is 1. The minimum absolute atomic E-state index is 0.000507. The first-order valence-electron chi connectivity index (χ1n) is 8.10. The smallest absolute Gasteiger partial charge is 0.326 e. The average molecular weight is 413 g/mol. The minimum Gasteiger partial charge on any atom is -0.495 e. The third kappa shape index (κ3) is 4.09. The molecule has 1 aromatic carbocycles. The van der Waals surface area contributed by atoms with E-state index < -0.39 is 11.9 Å². The van der Waals surface area contributed by atoms with Gasteiger partial charge in [0, 0.05) is 0 Å². The van der Waals surface area contributed by atoms with Crippen LogP contribution in [-0.2, 0) is 30.3 Å². The summed E-state index contributed by atoms with van der Waals surface area (Å²) in [7, 11) is 1.51. The van der Waals surface area contributed by atoms with Gasteiger partial charge in [-0.3, -0.25) is 9.59 Å². The summed E-state index contributed by atoms with van der Waals surface area (Å²) in [5.74, 6) is -0.585. The maximum atomic E-state index is 12.4. The van der Waals surface area contributed by atoms with Crippen molar-refractivity contribution in [3.63, 3.8) is 0 Å². The lowest BCUT2D eigenvalue weighted by molar-refractivity contribution is -0.143. The number of aromatic nitrogens is 1. The fourth-order valence-electron chi connectivity index (χ4n) is 2.48. The highest BCUT2D eigenvalue weighted by molar-refractivity contribution is 7.17. The summed E-state index contributed by atoms with van der Waals surface area (Å²) in [6.45, 7) is 2.45. The number of rotatable bonds is 5. The Morgan fingerprint density at radius 2 is 2.19 bits per heavy atom. The molecule has 144 valence electrons. The largest absolute Gasteiger partial charge is 0.495 e. The first-order chi connectivity index (χ1) is 13.0. The van der Waals surface area contributed by atoms with Crippen LogP contribution in [0.25, 0.3) is 10.2 Å². The number of hydrogen-bond acceptors (Lipinski definition) is 7. The van der Waals surface area contributed by atoms with Crippen LogP contribution in [0.5, 0.6) is 5.75 Å². The van der Waals surface area contributed by atoms with Gasteiger partial charge in [-0.2, -0.15) is 4.99 Å². The average Bonchev–Trinajstić information content (AvgIpc) is 3.02. The predicted molar refractivity (Wildman–Crippen MR) is 98.6 cm³/mol. The standard InChI is InChI=1S/C17H17ClN2O6S/c1-3-25-13(21)8-20-14-11(23-2)5-4-10(18)15(14)27-17(20)19-16(22)12-9-24-6-7-26-12/h4-5,9H,3,6-8H2,1-2H3. The molecule has 27 heavy (non-hydrogen) atoms. The zero-order chi connectivity index (χ0) is 19.4. The lowest BCUT2D eigenvalue weighted by Gasteiger charge is -2.12. The predicted octanol–water partition coefficient (Wildman–Crippen LogP) is 2.24. The molecule has 1 aromatic heterocycles. The van der Waals surface area contributed by atoms with Gasteiger partial charge in [-0.1, -0.05) is 22.9 Å². The summed E-state index contributed by atoms with van der Waals surface area (Å²) in [4.78, 5) is 28.9. The Morgan fingerprint density at radius 3 is 2.85 bits per heavy atom. The number of halogens is 1. The zero-order valence-corrected chi connectivity index (χ0v) is 16.3. The lowest BCUT2D eigenvalue weighted by Crippen LogP contribution is -2.24. The van der Waals surface area contributed by atoms with Crippen molar-refractivity contribution in [1.29, 1.82) is 0 Å². The van der Waals surface area contributed by atoms with Gasteiger partial charge in [0.1, 0.15) is 37.3 Å². The third-order valence-electron chi connectivity index (χ3n) is 3.61. The molecule has 0 unspecified atom stereocenters. The van der Waals surface area contributed by atoms with Gasteiger partial charge < -0.3 is 23.5 Å². The Hall–Kier alpha value is -2.52. The number of hydrogen-bond donors (Lipinski definition) is 0. The number of methoxy groups -OCH3 is 1. The number of nitrogens with zero attached hydrogens (tertiary/aromatic N) is 2. The molecule has 0 aliphatic carbocycles. The Balaban J connectivity index is 2.17. The first kappa shape index (κ1) is 19.2. The van der Waals surface area contributed by atoms with E-state index in [1.165, 1.54) is 13.4 Å². The van der Waals surface area contributed by atoms with E-state index in [1.54, 1.807) is 23.6 Å². The Bertz CT molecular complexity index is 978. The van der Waals surface area contributed by atoms with Crippen LogP contribution in [0.3, 0.4) is 0 Å². The van der Waals surface area contributed by atoms with Crippen LogP contribution in [0.15, 0.2) is 29.1 Å². The molecule has 0 atom stereocenters. The fraction of sp³-hybridized carbons (Fsp3) is 0.353. The maximum absolute atomic E-state index is 12.4. The molecule has 0 bridgehead atoms. The van der Waals surface area contributed by atoms with E-state index in [-0.39, 0.29) is 30.3 Å². The summed E-state index contributed by atoms with van der Waals surface area (Å²) in [6, 6.07) is 3.37. The van der Waals surface area contributed by atoms with Crippen LogP contribution in [0.2, 0.25) is 5.02 Å². The van der Waals surface area contributed by atoms with Crippen LogP contribution in [0.4, 0.5) is 0 Å². The van der Waals surface area contributed by atoms with E-state index in [9.17, 15) is 9.59 Å². The van der Waals surface area contributed by atoms with Crippen molar-refractivity contribution in [1.82, 2.24) is 4.57 Å². The van der Waals surface area contributed by atoms with Crippen LogP contribution in [-0.4, -0.2) is 43.4 Å². The molecular formula is C17H17ClN2O6S. The first-order valence-corrected chi connectivity index (χ1v) is 9.29. The summed E-state index contributed by atoms with van der Waals surface area (Å²) >= 11 is 7.46. The number of amides is 1. The molecule has 0 saturated heterocycles. The number of esters is 1. The molecule has 0 radical (unpaired) electrons. The van der Waals surface area contributed by atoms with E-state index in [4.69, 9.17) is 30.5 Å². The van der Waals surface area contributed by atoms with E-state index in [0.29, 0.717) is 27.6 Å². The normalized spacial score (nSPS) is 14.3. The third-order valence-corrected chi connectivity index (χ3v) is 5.15. The van der Waals surface area contributed by atoms with Crippen molar-refractivity contribution in [2.24, 2.45) is 4.99 Å². The van der Waals surface area contributed by atoms with E-state index >= 15 is 0 Å². The van der Waals surface area contributed by atoms with Crippen molar-refractivity contribution in [3.8, 4) is 5.75 Å². The maximum Gasteiger partial charge on any atom is 0.326 e. The van der Waals surface area contributed by atoms with Crippen LogP contribution >= 0.6 is 22.9 Å². The van der Waals surface area contributed by atoms with Gasteiger partial charge in [0.05, 0.1) is 23.4 Å². The summed E-state index contributed by atoms with van der Waals surface area (Å²) < 4.78 is 23.0. The van der Waals surface area contributed by atoms with Crippen molar-refractivity contribution >= 4 is 45.0 Å². The molecule has 1 amide bonds. The van der Waals surface area contributed by atoms with Gasteiger partial charge in [0.15, 0.2) is 4.80 Å². The second kappa shape index (κ2) is 8.45. The van der Waals surface area contributed by atoms with Gasteiger partial charge in [-0.25, -0.2) is 0 Å². The Morgan fingerprint density at radius 1 is 1.37 bits per heavy atom. The highest BCUT2D eigenvalue weighted by Gasteiger charge is 2.20. The van der Waals surface area contributed by atoms with Crippen LogP contribution < -0.4 is 9.54 Å². The molecule has 0 saturated carbocycles. The number of carbonyl (C=O) groups excluding carboxylic acids is 2. The quantitative estimate of drug-likeness (QED) is 0.700. The molecule has 2 aromatic rings. The Kier molecular flexibility index (Phi) is 6.02. The van der Waals surface area contributed by atoms with Gasteiger partial charge in [-0.15, -0.1) is 0 Å². The molecule has 2 heterocycles. The number of benzene rings is 1. The van der Waals surface area contributed by atoms with Crippen molar-refractivity contribution in [3.05, 3.63) is 34.0 Å². The molecule has 1 aliphatic heterocycles. The Labute approximate surface area is 163 Å².